The summed E-state index contributed by atoms with van der Waals surface area (Å²) in [6, 6.07) is 0. The third-order valence-corrected chi connectivity index (χ3v) is 6.09. The summed E-state index contributed by atoms with van der Waals surface area (Å²) in [6.07, 6.45) is 4.55. The Hall–Kier alpha value is -1.24. The first-order valence-corrected chi connectivity index (χ1v) is 10.3. The molecular formula is C20H33N5O. The molecule has 0 spiro atoms. The van der Waals surface area contributed by atoms with Gasteiger partial charge in [0.2, 0.25) is 0 Å². The largest absolute Gasteiger partial charge is 0.381 e. The van der Waals surface area contributed by atoms with Crippen molar-refractivity contribution < 1.29 is 4.74 Å². The molecule has 0 radical (unpaired) electrons. The second-order valence-electron chi connectivity index (χ2n) is 8.19. The van der Waals surface area contributed by atoms with E-state index in [1.807, 2.05) is 6.92 Å². The lowest BCUT2D eigenvalue weighted by atomic mass is 10.1. The number of ether oxygens (including phenoxy) is 1. The van der Waals surface area contributed by atoms with Gasteiger partial charge in [0.15, 0.2) is 0 Å². The van der Waals surface area contributed by atoms with Crippen molar-refractivity contribution in [2.45, 2.75) is 32.6 Å². The molecule has 4 rings (SSSR count). The summed E-state index contributed by atoms with van der Waals surface area (Å²) in [5, 5.41) is 0. The van der Waals surface area contributed by atoms with Crippen LogP contribution >= 0.6 is 0 Å². The van der Waals surface area contributed by atoms with E-state index < -0.39 is 0 Å². The van der Waals surface area contributed by atoms with Crippen LogP contribution in [0.4, 0.5) is 5.82 Å². The zero-order chi connectivity index (χ0) is 17.9. The van der Waals surface area contributed by atoms with E-state index in [2.05, 4.69) is 21.7 Å². The van der Waals surface area contributed by atoms with Crippen LogP contribution in [0.25, 0.3) is 0 Å². The number of anilines is 1. The first-order valence-electron chi connectivity index (χ1n) is 10.3. The van der Waals surface area contributed by atoms with Crippen molar-refractivity contribution in [3.63, 3.8) is 0 Å². The van der Waals surface area contributed by atoms with E-state index in [1.165, 1.54) is 43.0 Å². The average molecular weight is 360 g/mol. The topological polar surface area (TPSA) is 44.7 Å². The van der Waals surface area contributed by atoms with Gasteiger partial charge in [-0.15, -0.1) is 0 Å². The second-order valence-corrected chi connectivity index (χ2v) is 8.19. The van der Waals surface area contributed by atoms with Gasteiger partial charge in [0.05, 0.1) is 12.3 Å². The van der Waals surface area contributed by atoms with Crippen LogP contribution in [-0.2, 0) is 17.6 Å². The Morgan fingerprint density at radius 1 is 1.04 bits per heavy atom. The van der Waals surface area contributed by atoms with E-state index in [1.54, 1.807) is 0 Å². The summed E-state index contributed by atoms with van der Waals surface area (Å²) in [6.45, 7) is 11.8. The highest BCUT2D eigenvalue weighted by Crippen LogP contribution is 2.26. The molecule has 0 saturated carbocycles. The number of hydrogen-bond acceptors (Lipinski definition) is 6. The molecule has 3 aliphatic rings. The Bertz CT molecular complexity index is 616. The molecule has 0 amide bonds. The molecule has 2 fully saturated rings. The molecule has 2 saturated heterocycles. The minimum Gasteiger partial charge on any atom is -0.381 e. The highest BCUT2D eigenvalue weighted by molar-refractivity contribution is 5.50. The first kappa shape index (κ1) is 18.1. The van der Waals surface area contributed by atoms with Gasteiger partial charge in [-0.25, -0.2) is 9.97 Å². The highest BCUT2D eigenvalue weighted by atomic mass is 16.5. The van der Waals surface area contributed by atoms with Crippen molar-refractivity contribution in [2.75, 3.05) is 71.0 Å². The normalized spacial score (nSPS) is 25.8. The van der Waals surface area contributed by atoms with Crippen LogP contribution in [0.3, 0.4) is 0 Å². The Morgan fingerprint density at radius 3 is 2.77 bits per heavy atom. The van der Waals surface area contributed by atoms with E-state index in [0.717, 1.165) is 64.6 Å². The number of aryl methyl sites for hydroxylation is 1. The molecule has 0 bridgehead atoms. The molecule has 3 aliphatic heterocycles. The third kappa shape index (κ3) is 4.18. The summed E-state index contributed by atoms with van der Waals surface area (Å²) >= 11 is 0. The van der Waals surface area contributed by atoms with Gasteiger partial charge < -0.3 is 19.4 Å². The van der Waals surface area contributed by atoms with E-state index in [-0.39, 0.29) is 0 Å². The number of nitrogens with zero attached hydrogens (tertiary/aromatic N) is 5. The predicted octanol–water partition coefficient (Wildman–Crippen LogP) is 1.36. The van der Waals surface area contributed by atoms with Gasteiger partial charge in [0.1, 0.15) is 11.6 Å². The lowest BCUT2D eigenvalue weighted by Crippen LogP contribution is -2.32. The monoisotopic (exact) mass is 359 g/mol. The van der Waals surface area contributed by atoms with Crippen LogP contribution in [-0.4, -0.2) is 85.8 Å². The first-order chi connectivity index (χ1) is 12.7. The van der Waals surface area contributed by atoms with Crippen LogP contribution in [0.1, 0.15) is 29.9 Å². The van der Waals surface area contributed by atoms with Crippen molar-refractivity contribution in [1.82, 2.24) is 19.8 Å². The number of rotatable bonds is 3. The van der Waals surface area contributed by atoms with Gasteiger partial charge in [-0.05, 0) is 45.7 Å². The molecule has 0 aromatic carbocycles. The summed E-state index contributed by atoms with van der Waals surface area (Å²) in [5.41, 5.74) is 2.69. The lowest BCUT2D eigenvalue weighted by molar-refractivity contribution is 0.168. The van der Waals surface area contributed by atoms with Gasteiger partial charge in [0.25, 0.3) is 0 Å². The van der Waals surface area contributed by atoms with Crippen LogP contribution in [0.2, 0.25) is 0 Å². The fourth-order valence-electron chi connectivity index (χ4n) is 4.54. The van der Waals surface area contributed by atoms with Crippen molar-refractivity contribution in [3.8, 4) is 0 Å². The molecule has 0 N–H and O–H groups in total. The standard InChI is InChI=1S/C20H33N5O/c1-16-21-19-5-10-24(14-17-6-13-26-15-17)9-4-18(19)20(22-16)25-8-3-7-23(2)11-12-25/h17H,3-15H2,1-2H3/t17-/m1/s1. The Kier molecular flexibility index (Phi) is 5.72. The predicted molar refractivity (Wildman–Crippen MR) is 104 cm³/mol. The van der Waals surface area contributed by atoms with Crippen molar-refractivity contribution in [2.24, 2.45) is 5.92 Å². The summed E-state index contributed by atoms with van der Waals surface area (Å²) in [5.74, 6) is 2.85. The third-order valence-electron chi connectivity index (χ3n) is 6.09. The molecule has 1 aromatic rings. The zero-order valence-electron chi connectivity index (χ0n) is 16.4. The molecular weight excluding hydrogens is 326 g/mol. The van der Waals surface area contributed by atoms with Crippen molar-refractivity contribution >= 4 is 5.82 Å². The molecule has 1 atom stereocenters. The fraction of sp³-hybridized carbons (Fsp3) is 0.800. The zero-order valence-corrected chi connectivity index (χ0v) is 16.4. The van der Waals surface area contributed by atoms with Crippen LogP contribution in [0, 0.1) is 12.8 Å². The van der Waals surface area contributed by atoms with Gasteiger partial charge in [-0.3, -0.25) is 0 Å². The summed E-state index contributed by atoms with van der Waals surface area (Å²) < 4.78 is 5.57. The van der Waals surface area contributed by atoms with Gasteiger partial charge >= 0.3 is 0 Å². The van der Waals surface area contributed by atoms with Gasteiger partial charge in [-0.2, -0.15) is 0 Å². The Balaban J connectivity index is 1.51. The minimum atomic E-state index is 0.713. The fourth-order valence-corrected chi connectivity index (χ4v) is 4.54. The maximum absolute atomic E-state index is 5.57. The van der Waals surface area contributed by atoms with Crippen LogP contribution in [0.5, 0.6) is 0 Å². The quantitative estimate of drug-likeness (QED) is 0.812. The number of likely N-dealkylation sites (N-methyl/N-ethyl adjacent to an activating group) is 1. The molecule has 26 heavy (non-hydrogen) atoms. The van der Waals surface area contributed by atoms with E-state index in [4.69, 9.17) is 14.7 Å². The minimum absolute atomic E-state index is 0.713. The number of aromatic nitrogens is 2. The maximum Gasteiger partial charge on any atom is 0.135 e. The Morgan fingerprint density at radius 2 is 1.92 bits per heavy atom. The molecule has 1 aromatic heterocycles. The SMILES string of the molecule is Cc1nc2c(c(N3CCCN(C)CC3)n1)CCN(C[C@H]1CCOC1)CC2. The molecule has 144 valence electrons. The smallest absolute Gasteiger partial charge is 0.135 e. The maximum atomic E-state index is 5.57. The molecule has 0 unspecified atom stereocenters. The van der Waals surface area contributed by atoms with Crippen molar-refractivity contribution in [1.29, 1.82) is 0 Å². The van der Waals surface area contributed by atoms with Crippen LogP contribution in [0.15, 0.2) is 0 Å². The summed E-state index contributed by atoms with van der Waals surface area (Å²) in [4.78, 5) is 17.3. The summed E-state index contributed by atoms with van der Waals surface area (Å²) in [7, 11) is 2.22. The molecule has 6 nitrogen and oxygen atoms in total. The molecule has 4 heterocycles. The molecule has 0 aliphatic carbocycles. The van der Waals surface area contributed by atoms with Gasteiger partial charge in [-0.1, -0.05) is 0 Å². The van der Waals surface area contributed by atoms with Gasteiger partial charge in [0, 0.05) is 57.9 Å². The lowest BCUT2D eigenvalue weighted by Gasteiger charge is -2.25. The van der Waals surface area contributed by atoms with E-state index in [9.17, 15) is 0 Å². The Labute approximate surface area is 157 Å². The van der Waals surface area contributed by atoms with E-state index in [0.29, 0.717) is 5.92 Å². The second kappa shape index (κ2) is 8.19. The van der Waals surface area contributed by atoms with Crippen molar-refractivity contribution in [3.05, 3.63) is 17.1 Å². The number of hydrogen-bond donors (Lipinski definition) is 0. The van der Waals surface area contributed by atoms with Crippen LogP contribution < -0.4 is 4.90 Å². The number of fused-ring (bicyclic) bond motifs is 1. The van der Waals surface area contributed by atoms with E-state index >= 15 is 0 Å². The highest BCUT2D eigenvalue weighted by Gasteiger charge is 2.25. The molecule has 6 heteroatoms. The average Bonchev–Trinajstić information content (AvgIpc) is 2.93.